The largest absolute Gasteiger partial charge is 0.368 e. The van der Waals surface area contributed by atoms with Gasteiger partial charge in [0.05, 0.1) is 11.3 Å². The van der Waals surface area contributed by atoms with Gasteiger partial charge in [-0.25, -0.2) is 0 Å². The first-order valence-electron chi connectivity index (χ1n) is 4.86. The minimum Gasteiger partial charge on any atom is -0.368 e. The van der Waals surface area contributed by atoms with Crippen LogP contribution in [-0.4, -0.2) is 20.0 Å². The lowest BCUT2D eigenvalue weighted by atomic mass is 10.4. The van der Waals surface area contributed by atoms with E-state index in [0.717, 1.165) is 11.6 Å². The number of thioether (sulfide) groups is 1. The number of nitrogens with zero attached hydrogens (tertiary/aromatic N) is 4. The van der Waals surface area contributed by atoms with Gasteiger partial charge in [0, 0.05) is 6.04 Å². The summed E-state index contributed by atoms with van der Waals surface area (Å²) in [6.07, 6.45) is 0.784. The second-order valence-corrected chi connectivity index (χ2v) is 4.62. The van der Waals surface area contributed by atoms with Crippen LogP contribution in [0.25, 0.3) is 0 Å². The molecule has 0 aliphatic heterocycles. The molecule has 0 radical (unpaired) electrons. The number of hydrogen-bond acceptors (Lipinski definition) is 5. The molecule has 15 heavy (non-hydrogen) atoms. The maximum Gasteiger partial charge on any atom is 0.222 e. The molecule has 0 spiro atoms. The number of nitriles is 1. The van der Waals surface area contributed by atoms with Gasteiger partial charge >= 0.3 is 0 Å². The summed E-state index contributed by atoms with van der Waals surface area (Å²) in [4.78, 5) is 0. The van der Waals surface area contributed by atoms with Gasteiger partial charge in [-0.2, -0.15) is 5.26 Å². The first-order valence-corrected chi connectivity index (χ1v) is 5.74. The third-order valence-corrected chi connectivity index (χ3v) is 3.18. The smallest absolute Gasteiger partial charge is 0.222 e. The standard InChI is InChI=1S/C9H15N5S/c1-4-7(5-10)15-9-13-12-8(11)14(9)6(2)3/h6-7H,4H2,1-3H3,(H2,11,12). The van der Waals surface area contributed by atoms with Crippen LogP contribution >= 0.6 is 11.8 Å². The van der Waals surface area contributed by atoms with Crippen LogP contribution in [0.2, 0.25) is 0 Å². The highest BCUT2D eigenvalue weighted by atomic mass is 32.2. The molecule has 1 heterocycles. The average molecular weight is 225 g/mol. The Hall–Kier alpha value is -1.22. The summed E-state index contributed by atoms with van der Waals surface area (Å²) in [7, 11) is 0. The topological polar surface area (TPSA) is 80.5 Å². The summed E-state index contributed by atoms with van der Waals surface area (Å²) in [5, 5.41) is 17.3. The molecule has 0 amide bonds. The quantitative estimate of drug-likeness (QED) is 0.791. The van der Waals surface area contributed by atoms with Crippen molar-refractivity contribution in [3.63, 3.8) is 0 Å². The molecule has 82 valence electrons. The van der Waals surface area contributed by atoms with E-state index >= 15 is 0 Å². The highest BCUT2D eigenvalue weighted by Gasteiger charge is 2.16. The Morgan fingerprint density at radius 2 is 2.20 bits per heavy atom. The molecule has 0 aliphatic rings. The minimum absolute atomic E-state index is 0.0916. The van der Waals surface area contributed by atoms with E-state index in [9.17, 15) is 0 Å². The van der Waals surface area contributed by atoms with E-state index in [1.807, 2.05) is 25.3 Å². The Kier molecular flexibility index (Phi) is 3.97. The SMILES string of the molecule is CCC(C#N)Sc1nnc(N)n1C(C)C. The van der Waals surface area contributed by atoms with Crippen molar-refractivity contribution in [2.45, 2.75) is 43.6 Å². The average Bonchev–Trinajstić information content (AvgIpc) is 2.56. The van der Waals surface area contributed by atoms with Gasteiger partial charge in [0.2, 0.25) is 5.95 Å². The van der Waals surface area contributed by atoms with Gasteiger partial charge in [0.25, 0.3) is 0 Å². The molecule has 1 aromatic rings. The first kappa shape index (κ1) is 11.9. The van der Waals surface area contributed by atoms with Gasteiger partial charge < -0.3 is 5.73 Å². The van der Waals surface area contributed by atoms with Crippen LogP contribution in [0.15, 0.2) is 5.16 Å². The zero-order valence-electron chi connectivity index (χ0n) is 9.14. The molecule has 0 saturated carbocycles. The van der Waals surface area contributed by atoms with E-state index in [0.29, 0.717) is 5.95 Å². The van der Waals surface area contributed by atoms with Crippen LogP contribution in [0, 0.1) is 11.3 Å². The molecule has 0 aromatic carbocycles. The zero-order chi connectivity index (χ0) is 11.4. The fourth-order valence-corrected chi connectivity index (χ4v) is 2.16. The Labute approximate surface area is 93.7 Å². The van der Waals surface area contributed by atoms with Gasteiger partial charge in [0.15, 0.2) is 5.16 Å². The number of rotatable bonds is 4. The predicted molar refractivity (Wildman–Crippen MR) is 60.4 cm³/mol. The molecule has 2 N–H and O–H groups in total. The van der Waals surface area contributed by atoms with Crippen LogP contribution in [0.4, 0.5) is 5.95 Å². The van der Waals surface area contributed by atoms with Gasteiger partial charge in [0.1, 0.15) is 0 Å². The second kappa shape index (κ2) is 5.03. The van der Waals surface area contributed by atoms with Crippen molar-refractivity contribution in [2.75, 3.05) is 5.73 Å². The fourth-order valence-electron chi connectivity index (χ4n) is 1.18. The molecule has 6 heteroatoms. The Balaban J connectivity index is 2.91. The van der Waals surface area contributed by atoms with Crippen molar-refractivity contribution in [1.82, 2.24) is 14.8 Å². The lowest BCUT2D eigenvalue weighted by Gasteiger charge is -2.12. The van der Waals surface area contributed by atoms with Gasteiger partial charge in [-0.3, -0.25) is 4.57 Å². The summed E-state index contributed by atoms with van der Waals surface area (Å²) in [5.41, 5.74) is 5.69. The second-order valence-electron chi connectivity index (χ2n) is 3.45. The fraction of sp³-hybridized carbons (Fsp3) is 0.667. The van der Waals surface area contributed by atoms with Crippen LogP contribution in [-0.2, 0) is 0 Å². The van der Waals surface area contributed by atoms with Crippen molar-refractivity contribution in [2.24, 2.45) is 0 Å². The third-order valence-electron chi connectivity index (χ3n) is 1.97. The molecule has 1 atom stereocenters. The summed E-state index contributed by atoms with van der Waals surface area (Å²) in [6.45, 7) is 5.99. The molecule has 5 nitrogen and oxygen atoms in total. The van der Waals surface area contributed by atoms with E-state index in [1.54, 1.807) is 0 Å². The van der Waals surface area contributed by atoms with Crippen molar-refractivity contribution >= 4 is 17.7 Å². The Morgan fingerprint density at radius 3 is 2.67 bits per heavy atom. The van der Waals surface area contributed by atoms with E-state index in [4.69, 9.17) is 11.0 Å². The van der Waals surface area contributed by atoms with Crippen molar-refractivity contribution < 1.29 is 0 Å². The van der Waals surface area contributed by atoms with Crippen LogP contribution in [0.3, 0.4) is 0 Å². The summed E-state index contributed by atoms with van der Waals surface area (Å²) in [6, 6.07) is 2.42. The summed E-state index contributed by atoms with van der Waals surface area (Å²) >= 11 is 1.41. The van der Waals surface area contributed by atoms with Crippen molar-refractivity contribution in [3.8, 4) is 6.07 Å². The molecule has 0 aliphatic carbocycles. The van der Waals surface area contributed by atoms with Crippen molar-refractivity contribution in [1.29, 1.82) is 5.26 Å². The lowest BCUT2D eigenvalue weighted by molar-refractivity contribution is 0.556. The van der Waals surface area contributed by atoms with Crippen LogP contribution in [0.5, 0.6) is 0 Å². The maximum atomic E-state index is 8.86. The van der Waals surface area contributed by atoms with E-state index < -0.39 is 0 Å². The highest BCUT2D eigenvalue weighted by Crippen LogP contribution is 2.27. The molecule has 0 saturated heterocycles. The van der Waals surface area contributed by atoms with Gasteiger partial charge in [-0.05, 0) is 20.3 Å². The number of nitrogens with two attached hydrogens (primary N) is 1. The molecule has 1 aromatic heterocycles. The monoisotopic (exact) mass is 225 g/mol. The summed E-state index contributed by atoms with van der Waals surface area (Å²) < 4.78 is 1.84. The van der Waals surface area contributed by atoms with Gasteiger partial charge in [-0.1, -0.05) is 18.7 Å². The van der Waals surface area contributed by atoms with Crippen LogP contribution < -0.4 is 5.73 Å². The highest BCUT2D eigenvalue weighted by molar-refractivity contribution is 8.00. The molecule has 1 rings (SSSR count). The van der Waals surface area contributed by atoms with E-state index in [2.05, 4.69) is 16.3 Å². The number of nitrogen functional groups attached to an aromatic ring is 1. The van der Waals surface area contributed by atoms with Crippen LogP contribution in [0.1, 0.15) is 33.2 Å². The predicted octanol–water partition coefficient (Wildman–Crippen LogP) is 1.84. The zero-order valence-corrected chi connectivity index (χ0v) is 9.95. The third kappa shape index (κ3) is 2.63. The number of aromatic nitrogens is 3. The first-order chi connectivity index (χ1) is 7.10. The Morgan fingerprint density at radius 1 is 1.53 bits per heavy atom. The number of anilines is 1. The molecule has 0 fully saturated rings. The van der Waals surface area contributed by atoms with E-state index in [-0.39, 0.29) is 11.3 Å². The molecule has 1 unspecified atom stereocenters. The lowest BCUT2D eigenvalue weighted by Crippen LogP contribution is -2.08. The Bertz CT molecular complexity index is 365. The van der Waals surface area contributed by atoms with Gasteiger partial charge in [-0.15, -0.1) is 10.2 Å². The minimum atomic E-state index is -0.0916. The summed E-state index contributed by atoms with van der Waals surface area (Å²) in [5.74, 6) is 0.403. The number of hydrogen-bond donors (Lipinski definition) is 1. The normalized spacial score (nSPS) is 12.7. The maximum absolute atomic E-state index is 8.86. The van der Waals surface area contributed by atoms with Crippen molar-refractivity contribution in [3.05, 3.63) is 0 Å². The molecular weight excluding hydrogens is 210 g/mol. The molecular formula is C9H15N5S. The van der Waals surface area contributed by atoms with E-state index in [1.165, 1.54) is 11.8 Å². The molecule has 0 bridgehead atoms.